The second-order valence-electron chi connectivity index (χ2n) is 5.50. The highest BCUT2D eigenvalue weighted by atomic mass is 35.5. The highest BCUT2D eigenvalue weighted by molar-refractivity contribution is 6.31. The Labute approximate surface area is 128 Å². The number of anilines is 1. The maximum absolute atomic E-state index is 6.03. The van der Waals surface area contributed by atoms with Crippen molar-refractivity contribution in [2.24, 2.45) is 0 Å². The van der Waals surface area contributed by atoms with E-state index in [0.29, 0.717) is 5.92 Å². The molecule has 0 saturated heterocycles. The minimum Gasteiger partial charge on any atom is -0.384 e. The molecule has 1 aliphatic rings. The summed E-state index contributed by atoms with van der Waals surface area (Å²) in [5.74, 6) is 0.608. The van der Waals surface area contributed by atoms with Gasteiger partial charge in [0.25, 0.3) is 0 Å². The van der Waals surface area contributed by atoms with Crippen molar-refractivity contribution in [1.29, 1.82) is 0 Å². The molecule has 0 spiro atoms. The molecule has 1 aromatic heterocycles. The van der Waals surface area contributed by atoms with Crippen molar-refractivity contribution < 1.29 is 0 Å². The lowest BCUT2D eigenvalue weighted by Gasteiger charge is -2.30. The molecule has 2 nitrogen and oxygen atoms in total. The first kappa shape index (κ1) is 12.7. The van der Waals surface area contributed by atoms with Crippen LogP contribution in [0, 0.1) is 0 Å². The third-order valence-corrected chi connectivity index (χ3v) is 4.44. The predicted molar refractivity (Wildman–Crippen MR) is 88.1 cm³/mol. The molecule has 4 rings (SSSR count). The quantitative estimate of drug-likeness (QED) is 0.761. The van der Waals surface area contributed by atoms with Crippen molar-refractivity contribution in [3.8, 4) is 0 Å². The number of benzene rings is 2. The molecule has 1 heterocycles. The van der Waals surface area contributed by atoms with Crippen molar-refractivity contribution in [2.75, 3.05) is 11.9 Å². The molecule has 1 atom stereocenters. The third kappa shape index (κ3) is 2.26. The Morgan fingerprint density at radius 3 is 2.95 bits per heavy atom. The van der Waals surface area contributed by atoms with Gasteiger partial charge in [-0.25, -0.2) is 0 Å². The second-order valence-corrected chi connectivity index (χ2v) is 5.94. The number of halogens is 1. The van der Waals surface area contributed by atoms with E-state index in [1.807, 2.05) is 30.5 Å². The maximum atomic E-state index is 6.03. The normalized spacial score (nSPS) is 16.3. The number of nitrogens with zero attached hydrogens (tertiary/aromatic N) is 1. The fraction of sp³-hybridized carbons (Fsp3) is 0.167. The van der Waals surface area contributed by atoms with Crippen LogP contribution < -0.4 is 5.32 Å². The SMILES string of the molecule is Clc1ccc2c(NCC3Cc4ccccc43)ccnc2c1. The van der Waals surface area contributed by atoms with E-state index >= 15 is 0 Å². The van der Waals surface area contributed by atoms with Gasteiger partial charge in [-0.05, 0) is 41.8 Å². The minimum atomic E-state index is 0.608. The molecule has 0 aliphatic heterocycles. The van der Waals surface area contributed by atoms with Crippen LogP contribution in [0.25, 0.3) is 10.9 Å². The van der Waals surface area contributed by atoms with Crippen LogP contribution in [-0.2, 0) is 6.42 Å². The minimum absolute atomic E-state index is 0.608. The van der Waals surface area contributed by atoms with Gasteiger partial charge in [-0.2, -0.15) is 0 Å². The summed E-state index contributed by atoms with van der Waals surface area (Å²) in [5, 5.41) is 5.41. The highest BCUT2D eigenvalue weighted by Crippen LogP contribution is 2.35. The highest BCUT2D eigenvalue weighted by Gasteiger charge is 2.24. The first-order chi connectivity index (χ1) is 10.3. The smallest absolute Gasteiger partial charge is 0.0737 e. The summed E-state index contributed by atoms with van der Waals surface area (Å²) in [7, 11) is 0. The Kier molecular flexibility index (Phi) is 3.04. The second kappa shape index (κ2) is 5.05. The van der Waals surface area contributed by atoms with E-state index in [1.165, 1.54) is 11.1 Å². The average Bonchev–Trinajstić information content (AvgIpc) is 2.48. The molecular formula is C18H15ClN2. The lowest BCUT2D eigenvalue weighted by molar-refractivity contribution is 0.636. The van der Waals surface area contributed by atoms with Gasteiger partial charge in [-0.3, -0.25) is 4.98 Å². The fourth-order valence-electron chi connectivity index (χ4n) is 3.05. The Morgan fingerprint density at radius 2 is 2.05 bits per heavy atom. The van der Waals surface area contributed by atoms with Gasteiger partial charge in [-0.1, -0.05) is 35.9 Å². The molecule has 1 unspecified atom stereocenters. The summed E-state index contributed by atoms with van der Waals surface area (Å²) >= 11 is 6.03. The molecule has 0 saturated carbocycles. The van der Waals surface area contributed by atoms with E-state index in [4.69, 9.17) is 11.6 Å². The van der Waals surface area contributed by atoms with E-state index in [2.05, 4.69) is 34.6 Å². The Bertz CT molecular complexity index is 813. The molecule has 0 amide bonds. The molecule has 104 valence electrons. The number of hydrogen-bond acceptors (Lipinski definition) is 2. The van der Waals surface area contributed by atoms with Crippen LogP contribution in [0.5, 0.6) is 0 Å². The number of nitrogens with one attached hydrogen (secondary N) is 1. The first-order valence-corrected chi connectivity index (χ1v) is 7.55. The topological polar surface area (TPSA) is 24.9 Å². The van der Waals surface area contributed by atoms with Crippen LogP contribution in [-0.4, -0.2) is 11.5 Å². The van der Waals surface area contributed by atoms with Gasteiger partial charge in [0, 0.05) is 34.8 Å². The number of rotatable bonds is 3. The largest absolute Gasteiger partial charge is 0.384 e. The Hall–Kier alpha value is -2.06. The van der Waals surface area contributed by atoms with Crippen molar-refractivity contribution in [3.63, 3.8) is 0 Å². The van der Waals surface area contributed by atoms with Gasteiger partial charge in [-0.15, -0.1) is 0 Å². The van der Waals surface area contributed by atoms with Gasteiger partial charge in [0.1, 0.15) is 0 Å². The van der Waals surface area contributed by atoms with E-state index in [-0.39, 0.29) is 0 Å². The fourth-order valence-corrected chi connectivity index (χ4v) is 3.22. The molecule has 1 aliphatic carbocycles. The zero-order valence-corrected chi connectivity index (χ0v) is 12.3. The summed E-state index contributed by atoms with van der Waals surface area (Å²) < 4.78 is 0. The Morgan fingerprint density at radius 1 is 1.14 bits per heavy atom. The monoisotopic (exact) mass is 294 g/mol. The molecule has 0 bridgehead atoms. The van der Waals surface area contributed by atoms with Gasteiger partial charge >= 0.3 is 0 Å². The van der Waals surface area contributed by atoms with Crippen molar-refractivity contribution in [1.82, 2.24) is 4.98 Å². The number of fused-ring (bicyclic) bond motifs is 2. The van der Waals surface area contributed by atoms with Crippen molar-refractivity contribution in [2.45, 2.75) is 12.3 Å². The van der Waals surface area contributed by atoms with Gasteiger partial charge < -0.3 is 5.32 Å². The van der Waals surface area contributed by atoms with Crippen molar-refractivity contribution >= 4 is 28.2 Å². The van der Waals surface area contributed by atoms with Crippen LogP contribution in [0.4, 0.5) is 5.69 Å². The van der Waals surface area contributed by atoms with E-state index in [9.17, 15) is 0 Å². The van der Waals surface area contributed by atoms with Crippen molar-refractivity contribution in [3.05, 3.63) is 70.9 Å². The molecular weight excluding hydrogens is 280 g/mol. The lowest BCUT2D eigenvalue weighted by Crippen LogP contribution is -2.24. The van der Waals surface area contributed by atoms with Crippen LogP contribution >= 0.6 is 11.6 Å². The van der Waals surface area contributed by atoms with Crippen LogP contribution in [0.15, 0.2) is 54.7 Å². The van der Waals surface area contributed by atoms with Crippen LogP contribution in [0.2, 0.25) is 5.02 Å². The molecule has 1 N–H and O–H groups in total. The third-order valence-electron chi connectivity index (χ3n) is 4.20. The van der Waals surface area contributed by atoms with Gasteiger partial charge in [0.2, 0.25) is 0 Å². The molecule has 3 aromatic rings. The number of pyridine rings is 1. The summed E-state index contributed by atoms with van der Waals surface area (Å²) in [6, 6.07) is 16.6. The summed E-state index contributed by atoms with van der Waals surface area (Å²) in [6.07, 6.45) is 2.99. The number of hydrogen-bond donors (Lipinski definition) is 1. The van der Waals surface area contributed by atoms with E-state index in [1.54, 1.807) is 0 Å². The lowest BCUT2D eigenvalue weighted by atomic mass is 9.77. The van der Waals surface area contributed by atoms with Gasteiger partial charge in [0.15, 0.2) is 0 Å². The zero-order chi connectivity index (χ0) is 14.2. The maximum Gasteiger partial charge on any atom is 0.0737 e. The summed E-state index contributed by atoms with van der Waals surface area (Å²) in [6.45, 7) is 0.957. The predicted octanol–water partition coefficient (Wildman–Crippen LogP) is 4.64. The van der Waals surface area contributed by atoms with E-state index in [0.717, 1.165) is 34.6 Å². The first-order valence-electron chi connectivity index (χ1n) is 7.17. The molecule has 3 heteroatoms. The number of aromatic nitrogens is 1. The zero-order valence-electron chi connectivity index (χ0n) is 11.5. The van der Waals surface area contributed by atoms with Crippen LogP contribution in [0.3, 0.4) is 0 Å². The van der Waals surface area contributed by atoms with E-state index < -0.39 is 0 Å². The molecule has 2 aromatic carbocycles. The van der Waals surface area contributed by atoms with Gasteiger partial charge in [0.05, 0.1) is 5.52 Å². The van der Waals surface area contributed by atoms with Crippen LogP contribution in [0.1, 0.15) is 17.0 Å². The molecule has 0 fully saturated rings. The Balaban J connectivity index is 1.56. The summed E-state index contributed by atoms with van der Waals surface area (Å²) in [4.78, 5) is 4.38. The summed E-state index contributed by atoms with van der Waals surface area (Å²) in [5.41, 5.74) is 5.02. The molecule has 21 heavy (non-hydrogen) atoms. The molecule has 0 radical (unpaired) electrons. The average molecular weight is 295 g/mol. The standard InChI is InChI=1S/C18H15ClN2/c19-14-5-6-16-17(7-8-20-18(16)10-14)21-11-13-9-12-3-1-2-4-15(12)13/h1-8,10,13H,9,11H2,(H,20,21).